The Morgan fingerprint density at radius 1 is 1.37 bits per heavy atom. The lowest BCUT2D eigenvalue weighted by molar-refractivity contribution is -0.134. The predicted octanol–water partition coefficient (Wildman–Crippen LogP) is 4.17. The molecular weight excluding hydrogens is 394 g/mol. The summed E-state index contributed by atoms with van der Waals surface area (Å²) in [6.07, 6.45) is 8.27. The number of carbonyl (C=O) groups is 1. The third kappa shape index (κ3) is 3.38. The maximum atomic E-state index is 12.7. The van der Waals surface area contributed by atoms with Crippen molar-refractivity contribution in [2.75, 3.05) is 0 Å². The van der Waals surface area contributed by atoms with E-state index < -0.39 is 6.10 Å². The maximum absolute atomic E-state index is 12.7. The molecule has 6 atom stereocenters. The highest BCUT2D eigenvalue weighted by Crippen LogP contribution is 2.57. The summed E-state index contributed by atoms with van der Waals surface area (Å²) in [7, 11) is 0. The number of hydrogen-bond donors (Lipinski definition) is 2. The Hall–Kier alpha value is -1.79. The number of pyridine rings is 1. The van der Waals surface area contributed by atoms with E-state index in [1.165, 1.54) is 4.88 Å². The molecule has 2 aromatic rings. The number of nitrogens with one attached hydrogen (secondary N) is 1. The molecule has 0 spiro atoms. The van der Waals surface area contributed by atoms with E-state index in [1.807, 2.05) is 19.2 Å². The quantitative estimate of drug-likeness (QED) is 0.771. The highest BCUT2D eigenvalue weighted by molar-refractivity contribution is 7.15. The molecule has 2 fully saturated rings. The van der Waals surface area contributed by atoms with E-state index in [0.29, 0.717) is 6.04 Å². The summed E-state index contributed by atoms with van der Waals surface area (Å²) in [5.74, 6) is 0.282. The number of rotatable bonds is 4. The Balaban J connectivity index is 1.42. The summed E-state index contributed by atoms with van der Waals surface area (Å²) in [6, 6.07) is 4.37. The molecule has 2 aromatic heterocycles. The summed E-state index contributed by atoms with van der Waals surface area (Å²) in [6.45, 7) is 6.54. The molecule has 6 unspecified atom stereocenters. The van der Waals surface area contributed by atoms with Crippen molar-refractivity contribution >= 4 is 17.2 Å². The van der Waals surface area contributed by atoms with Crippen molar-refractivity contribution in [3.63, 3.8) is 0 Å². The Labute approximate surface area is 182 Å². The number of aromatic nitrogens is 2. The van der Waals surface area contributed by atoms with Crippen LogP contribution in [0.2, 0.25) is 0 Å². The SMILES string of the molecule is CC(C(=O)NC1CC1)C1CCC2(C)Cc3sc(-c4cccnc4)nc3C(C)C2C1O. The third-order valence-electron chi connectivity index (χ3n) is 7.81. The van der Waals surface area contributed by atoms with Crippen molar-refractivity contribution in [2.24, 2.45) is 23.2 Å². The second-order valence-corrected chi connectivity index (χ2v) is 11.1. The van der Waals surface area contributed by atoms with Crippen LogP contribution in [-0.4, -0.2) is 33.1 Å². The van der Waals surface area contributed by atoms with Gasteiger partial charge in [-0.15, -0.1) is 11.3 Å². The second kappa shape index (κ2) is 7.41. The van der Waals surface area contributed by atoms with Crippen LogP contribution in [-0.2, 0) is 11.2 Å². The zero-order valence-electron chi connectivity index (χ0n) is 18.0. The number of thiazole rings is 1. The van der Waals surface area contributed by atoms with E-state index in [0.717, 1.165) is 48.4 Å². The number of carbonyl (C=O) groups excluding carboxylic acids is 1. The molecule has 5 nitrogen and oxygen atoms in total. The fraction of sp³-hybridized carbons (Fsp3) is 0.625. The van der Waals surface area contributed by atoms with Gasteiger partial charge < -0.3 is 10.4 Å². The maximum Gasteiger partial charge on any atom is 0.223 e. The summed E-state index contributed by atoms with van der Waals surface area (Å²) in [5, 5.41) is 15.7. The van der Waals surface area contributed by atoms with Crippen molar-refractivity contribution in [1.29, 1.82) is 0 Å². The van der Waals surface area contributed by atoms with Crippen LogP contribution in [0.1, 0.15) is 62.9 Å². The van der Waals surface area contributed by atoms with Crippen LogP contribution in [0.3, 0.4) is 0 Å². The van der Waals surface area contributed by atoms with Crippen molar-refractivity contribution in [2.45, 2.75) is 70.9 Å². The van der Waals surface area contributed by atoms with E-state index in [2.05, 4.69) is 30.2 Å². The van der Waals surface area contributed by atoms with E-state index in [-0.39, 0.29) is 35.0 Å². The van der Waals surface area contributed by atoms with Crippen molar-refractivity contribution in [3.05, 3.63) is 35.1 Å². The highest BCUT2D eigenvalue weighted by Gasteiger charge is 2.54. The van der Waals surface area contributed by atoms with E-state index in [4.69, 9.17) is 4.98 Å². The lowest BCUT2D eigenvalue weighted by Gasteiger charge is -2.53. The van der Waals surface area contributed by atoms with E-state index in [9.17, 15) is 9.90 Å². The highest BCUT2D eigenvalue weighted by atomic mass is 32.1. The predicted molar refractivity (Wildman–Crippen MR) is 118 cm³/mol. The monoisotopic (exact) mass is 425 g/mol. The summed E-state index contributed by atoms with van der Waals surface area (Å²) >= 11 is 1.78. The first-order chi connectivity index (χ1) is 14.4. The molecule has 2 saturated carbocycles. The van der Waals surface area contributed by atoms with E-state index >= 15 is 0 Å². The van der Waals surface area contributed by atoms with Crippen LogP contribution in [0, 0.1) is 23.2 Å². The van der Waals surface area contributed by atoms with Gasteiger partial charge in [0.1, 0.15) is 5.01 Å². The normalized spacial score (nSPS) is 34.0. The first-order valence-corrected chi connectivity index (χ1v) is 12.1. The first-order valence-electron chi connectivity index (χ1n) is 11.3. The van der Waals surface area contributed by atoms with Gasteiger partial charge in [-0.3, -0.25) is 9.78 Å². The fourth-order valence-corrected chi connectivity index (χ4v) is 7.27. The number of amides is 1. The number of aliphatic hydroxyl groups is 1. The summed E-state index contributed by atoms with van der Waals surface area (Å²) in [4.78, 5) is 23.3. The van der Waals surface area contributed by atoms with Gasteiger partial charge in [-0.05, 0) is 61.5 Å². The summed E-state index contributed by atoms with van der Waals surface area (Å²) < 4.78 is 0. The molecule has 2 heterocycles. The molecule has 2 N–H and O–H groups in total. The smallest absolute Gasteiger partial charge is 0.223 e. The molecule has 6 heteroatoms. The van der Waals surface area contributed by atoms with Crippen LogP contribution >= 0.6 is 11.3 Å². The first kappa shape index (κ1) is 20.1. The van der Waals surface area contributed by atoms with Gasteiger partial charge >= 0.3 is 0 Å². The van der Waals surface area contributed by atoms with Gasteiger partial charge in [0.15, 0.2) is 0 Å². The fourth-order valence-electron chi connectivity index (χ4n) is 5.91. The molecule has 160 valence electrons. The van der Waals surface area contributed by atoms with Crippen LogP contribution in [0.15, 0.2) is 24.5 Å². The number of hydrogen-bond acceptors (Lipinski definition) is 5. The molecule has 0 bridgehead atoms. The van der Waals surface area contributed by atoms with Gasteiger partial charge in [-0.25, -0.2) is 4.98 Å². The Morgan fingerprint density at radius 2 is 2.17 bits per heavy atom. The van der Waals surface area contributed by atoms with Gasteiger partial charge in [-0.2, -0.15) is 0 Å². The van der Waals surface area contributed by atoms with Gasteiger partial charge in [-0.1, -0.05) is 20.8 Å². The Bertz CT molecular complexity index is 941. The minimum absolute atomic E-state index is 0.0160. The van der Waals surface area contributed by atoms with E-state index in [1.54, 1.807) is 17.5 Å². The topological polar surface area (TPSA) is 75.1 Å². The van der Waals surface area contributed by atoms with Crippen LogP contribution < -0.4 is 5.32 Å². The average Bonchev–Trinajstić information content (AvgIpc) is 3.44. The number of aliphatic hydroxyl groups excluding tert-OH is 1. The summed E-state index contributed by atoms with van der Waals surface area (Å²) in [5.41, 5.74) is 2.24. The Kier molecular flexibility index (Phi) is 4.98. The van der Waals surface area contributed by atoms with Crippen LogP contribution in [0.25, 0.3) is 10.6 Å². The number of fused-ring (bicyclic) bond motifs is 2. The molecular formula is C24H31N3O2S. The largest absolute Gasteiger partial charge is 0.392 e. The minimum atomic E-state index is -0.476. The van der Waals surface area contributed by atoms with Gasteiger partial charge in [0.2, 0.25) is 5.91 Å². The van der Waals surface area contributed by atoms with Crippen LogP contribution in [0.5, 0.6) is 0 Å². The molecule has 30 heavy (non-hydrogen) atoms. The molecule has 0 radical (unpaired) electrons. The zero-order chi connectivity index (χ0) is 21.0. The molecule has 1 amide bonds. The average molecular weight is 426 g/mol. The lowest BCUT2D eigenvalue weighted by Crippen LogP contribution is -2.53. The number of nitrogens with zero attached hydrogens (tertiary/aromatic N) is 2. The molecule has 0 aliphatic heterocycles. The van der Waals surface area contributed by atoms with Gasteiger partial charge in [0.05, 0.1) is 11.8 Å². The molecule has 0 saturated heterocycles. The van der Waals surface area contributed by atoms with Gasteiger partial charge in [0.25, 0.3) is 0 Å². The molecule has 5 rings (SSSR count). The Morgan fingerprint density at radius 3 is 2.87 bits per heavy atom. The third-order valence-corrected chi connectivity index (χ3v) is 8.93. The molecule has 3 aliphatic rings. The molecule has 0 aromatic carbocycles. The van der Waals surface area contributed by atoms with Crippen molar-refractivity contribution in [1.82, 2.24) is 15.3 Å². The molecule has 3 aliphatic carbocycles. The standard InChI is InChI=1S/C24H31N3O2S/c1-13(22(29)26-16-6-7-16)17-8-9-24(3)11-18-20(14(2)19(24)21(17)28)27-23(30-18)15-5-4-10-25-12-15/h4-5,10,12-14,16-17,19,21,28H,6-9,11H2,1-3H3,(H,26,29). The minimum Gasteiger partial charge on any atom is -0.392 e. The van der Waals surface area contributed by atoms with Crippen molar-refractivity contribution in [3.8, 4) is 10.6 Å². The van der Waals surface area contributed by atoms with Crippen molar-refractivity contribution < 1.29 is 9.90 Å². The second-order valence-electron chi connectivity index (χ2n) is 9.98. The zero-order valence-corrected chi connectivity index (χ0v) is 18.8. The lowest BCUT2D eigenvalue weighted by atomic mass is 9.53. The van der Waals surface area contributed by atoms with Crippen LogP contribution in [0.4, 0.5) is 0 Å². The van der Waals surface area contributed by atoms with Gasteiger partial charge in [0, 0.05) is 40.7 Å².